The van der Waals surface area contributed by atoms with Gasteiger partial charge in [-0.3, -0.25) is 0 Å². The molecule has 0 saturated heterocycles. The SMILES string of the molecule is FC(F)(F)CN[C@H](c1ccccc1)[C@H](NCC(F)(F)F)c1ccccc1. The fourth-order valence-electron chi connectivity index (χ4n) is 2.63. The molecule has 0 saturated carbocycles. The summed E-state index contributed by atoms with van der Waals surface area (Å²) in [5, 5.41) is 4.71. The van der Waals surface area contributed by atoms with Crippen LogP contribution in [0.1, 0.15) is 23.2 Å². The van der Waals surface area contributed by atoms with E-state index in [0.29, 0.717) is 11.1 Å². The van der Waals surface area contributed by atoms with E-state index in [4.69, 9.17) is 0 Å². The Hall–Kier alpha value is -2.06. The predicted octanol–water partition coefficient (Wildman–Crippen LogP) is 4.77. The van der Waals surface area contributed by atoms with Gasteiger partial charge in [-0.1, -0.05) is 60.7 Å². The van der Waals surface area contributed by atoms with Gasteiger partial charge in [-0.25, -0.2) is 0 Å². The molecule has 0 aliphatic rings. The van der Waals surface area contributed by atoms with E-state index >= 15 is 0 Å². The van der Waals surface area contributed by atoms with Crippen LogP contribution in [0.5, 0.6) is 0 Å². The molecule has 8 heteroatoms. The third-order valence-electron chi connectivity index (χ3n) is 3.70. The summed E-state index contributed by atoms with van der Waals surface area (Å²) in [5.74, 6) is 0. The van der Waals surface area contributed by atoms with Crippen molar-refractivity contribution in [3.63, 3.8) is 0 Å². The molecular formula is C18H18F6N2. The van der Waals surface area contributed by atoms with E-state index in [1.165, 1.54) is 0 Å². The van der Waals surface area contributed by atoms with Crippen molar-refractivity contribution in [1.82, 2.24) is 10.6 Å². The number of hydrogen-bond acceptors (Lipinski definition) is 2. The molecule has 2 nitrogen and oxygen atoms in total. The molecule has 2 rings (SSSR count). The molecule has 0 aliphatic carbocycles. The normalized spacial score (nSPS) is 14.8. The molecule has 0 unspecified atom stereocenters. The fourth-order valence-corrected chi connectivity index (χ4v) is 2.63. The Bertz CT molecular complexity index is 595. The van der Waals surface area contributed by atoms with Crippen molar-refractivity contribution in [1.29, 1.82) is 0 Å². The summed E-state index contributed by atoms with van der Waals surface area (Å²) < 4.78 is 76.3. The van der Waals surface area contributed by atoms with Crippen LogP contribution in [0.15, 0.2) is 60.7 Å². The number of hydrogen-bond donors (Lipinski definition) is 2. The Morgan fingerprint density at radius 2 is 0.885 bits per heavy atom. The van der Waals surface area contributed by atoms with Crippen LogP contribution >= 0.6 is 0 Å². The van der Waals surface area contributed by atoms with Gasteiger partial charge in [-0.05, 0) is 11.1 Å². The molecule has 2 N–H and O–H groups in total. The molecule has 0 aliphatic heterocycles. The van der Waals surface area contributed by atoms with E-state index in [1.807, 2.05) is 0 Å². The smallest absolute Gasteiger partial charge is 0.300 e. The molecule has 0 spiro atoms. The van der Waals surface area contributed by atoms with Crippen LogP contribution in [-0.2, 0) is 0 Å². The third-order valence-corrected chi connectivity index (χ3v) is 3.70. The van der Waals surface area contributed by atoms with Gasteiger partial charge in [0.15, 0.2) is 0 Å². The Morgan fingerprint density at radius 3 is 1.15 bits per heavy atom. The number of nitrogens with one attached hydrogen (secondary N) is 2. The van der Waals surface area contributed by atoms with E-state index in [0.717, 1.165) is 0 Å². The van der Waals surface area contributed by atoms with Crippen LogP contribution in [0.2, 0.25) is 0 Å². The second-order valence-electron chi connectivity index (χ2n) is 5.77. The maximum absolute atomic E-state index is 12.7. The number of alkyl halides is 6. The molecule has 2 aromatic carbocycles. The summed E-state index contributed by atoms with van der Waals surface area (Å²) in [7, 11) is 0. The largest absolute Gasteiger partial charge is 0.401 e. The van der Waals surface area contributed by atoms with Gasteiger partial charge in [-0.15, -0.1) is 0 Å². The highest BCUT2D eigenvalue weighted by molar-refractivity contribution is 5.27. The first-order valence-electron chi connectivity index (χ1n) is 7.86. The molecule has 2 atom stereocenters. The molecule has 2 aromatic rings. The first-order valence-corrected chi connectivity index (χ1v) is 7.86. The number of halogens is 6. The highest BCUT2D eigenvalue weighted by Crippen LogP contribution is 2.31. The monoisotopic (exact) mass is 376 g/mol. The zero-order valence-corrected chi connectivity index (χ0v) is 13.6. The number of rotatable bonds is 7. The van der Waals surface area contributed by atoms with Crippen LogP contribution in [0, 0.1) is 0 Å². The van der Waals surface area contributed by atoms with Crippen LogP contribution in [0.3, 0.4) is 0 Å². The van der Waals surface area contributed by atoms with Crippen molar-refractivity contribution in [3.05, 3.63) is 71.8 Å². The Morgan fingerprint density at radius 1 is 0.577 bits per heavy atom. The summed E-state index contributed by atoms with van der Waals surface area (Å²) in [6.07, 6.45) is -8.98. The summed E-state index contributed by atoms with van der Waals surface area (Å²) >= 11 is 0. The molecule has 0 radical (unpaired) electrons. The van der Waals surface area contributed by atoms with E-state index in [9.17, 15) is 26.3 Å². The third kappa shape index (κ3) is 6.68. The molecule has 0 aromatic heterocycles. The summed E-state index contributed by atoms with van der Waals surface area (Å²) in [5.41, 5.74) is 0.917. The standard InChI is InChI=1S/C18H18F6N2/c19-17(20,21)11-25-15(13-7-3-1-4-8-13)16(26-12-18(22,23)24)14-9-5-2-6-10-14/h1-10,15-16,25-26H,11-12H2/t15-,16-/m1/s1. The van der Waals surface area contributed by atoms with Crippen LogP contribution in [0.25, 0.3) is 0 Å². The van der Waals surface area contributed by atoms with Crippen molar-refractivity contribution in [3.8, 4) is 0 Å². The molecule has 0 heterocycles. The lowest BCUT2D eigenvalue weighted by molar-refractivity contribution is -0.131. The highest BCUT2D eigenvalue weighted by atomic mass is 19.4. The van der Waals surface area contributed by atoms with Crippen LogP contribution in [0.4, 0.5) is 26.3 Å². The van der Waals surface area contributed by atoms with E-state index < -0.39 is 37.5 Å². The Balaban J connectivity index is 2.36. The Labute approximate surface area is 147 Å². The Kier molecular flexibility index (Phi) is 6.66. The van der Waals surface area contributed by atoms with Crippen LogP contribution in [-0.4, -0.2) is 25.4 Å². The van der Waals surface area contributed by atoms with Crippen molar-refractivity contribution in [2.45, 2.75) is 24.4 Å². The van der Waals surface area contributed by atoms with Crippen LogP contribution < -0.4 is 10.6 Å². The van der Waals surface area contributed by atoms with Gasteiger partial charge in [-0.2, -0.15) is 26.3 Å². The maximum Gasteiger partial charge on any atom is 0.401 e. The van der Waals surface area contributed by atoms with Crippen molar-refractivity contribution in [2.24, 2.45) is 0 Å². The maximum atomic E-state index is 12.7. The lowest BCUT2D eigenvalue weighted by atomic mass is 9.93. The first-order chi connectivity index (χ1) is 12.2. The molecule has 26 heavy (non-hydrogen) atoms. The summed E-state index contributed by atoms with van der Waals surface area (Å²) in [6, 6.07) is 14.2. The predicted molar refractivity (Wildman–Crippen MR) is 86.5 cm³/mol. The van der Waals surface area contributed by atoms with Gasteiger partial charge in [0.25, 0.3) is 0 Å². The van der Waals surface area contributed by atoms with E-state index in [1.54, 1.807) is 60.7 Å². The minimum Gasteiger partial charge on any atom is -0.300 e. The molecule has 0 amide bonds. The van der Waals surface area contributed by atoms with Gasteiger partial charge in [0.05, 0.1) is 25.2 Å². The molecule has 142 valence electrons. The van der Waals surface area contributed by atoms with E-state index in [2.05, 4.69) is 10.6 Å². The lowest BCUT2D eigenvalue weighted by Crippen LogP contribution is -2.42. The average molecular weight is 376 g/mol. The minimum atomic E-state index is -4.49. The fraction of sp³-hybridized carbons (Fsp3) is 0.333. The summed E-state index contributed by atoms with van der Waals surface area (Å²) in [6.45, 7) is -2.63. The second kappa shape index (κ2) is 8.55. The van der Waals surface area contributed by atoms with Gasteiger partial charge >= 0.3 is 12.4 Å². The quantitative estimate of drug-likeness (QED) is 0.680. The minimum absolute atomic E-state index is 0.459. The van der Waals surface area contributed by atoms with Gasteiger partial charge in [0.1, 0.15) is 0 Å². The van der Waals surface area contributed by atoms with Gasteiger partial charge < -0.3 is 10.6 Å². The van der Waals surface area contributed by atoms with E-state index in [-0.39, 0.29) is 0 Å². The zero-order chi connectivity index (χ0) is 19.2. The first kappa shape index (κ1) is 20.3. The molecule has 0 fully saturated rings. The van der Waals surface area contributed by atoms with Crippen molar-refractivity contribution in [2.75, 3.05) is 13.1 Å². The second-order valence-corrected chi connectivity index (χ2v) is 5.77. The molecule has 0 bridgehead atoms. The topological polar surface area (TPSA) is 24.1 Å². The number of benzene rings is 2. The van der Waals surface area contributed by atoms with Crippen molar-refractivity contribution >= 4 is 0 Å². The molecular weight excluding hydrogens is 358 g/mol. The average Bonchev–Trinajstić information content (AvgIpc) is 2.57. The lowest BCUT2D eigenvalue weighted by Gasteiger charge is -2.31. The van der Waals surface area contributed by atoms with Crippen molar-refractivity contribution < 1.29 is 26.3 Å². The summed E-state index contributed by atoms with van der Waals surface area (Å²) in [4.78, 5) is 0. The highest BCUT2D eigenvalue weighted by Gasteiger charge is 2.34. The zero-order valence-electron chi connectivity index (χ0n) is 13.6. The van der Waals surface area contributed by atoms with Gasteiger partial charge in [0.2, 0.25) is 0 Å². The van der Waals surface area contributed by atoms with Gasteiger partial charge in [0, 0.05) is 0 Å².